The zero-order chi connectivity index (χ0) is 12.8. The smallest absolute Gasteiger partial charge is 0.181 e. The van der Waals surface area contributed by atoms with E-state index in [1.165, 1.54) is 0 Å². The van der Waals surface area contributed by atoms with E-state index in [9.17, 15) is 4.79 Å². The number of aromatic nitrogens is 1. The molecular weight excluding hydrogens is 210 g/mol. The summed E-state index contributed by atoms with van der Waals surface area (Å²) >= 11 is 0. The molecule has 0 radical (unpaired) electrons. The summed E-state index contributed by atoms with van der Waals surface area (Å²) < 4.78 is 0. The van der Waals surface area contributed by atoms with Crippen molar-refractivity contribution in [1.29, 1.82) is 0 Å². The van der Waals surface area contributed by atoms with E-state index in [1.807, 2.05) is 58.0 Å². The van der Waals surface area contributed by atoms with E-state index in [1.54, 1.807) is 0 Å². The second-order valence-electron chi connectivity index (χ2n) is 3.94. The van der Waals surface area contributed by atoms with E-state index in [4.69, 9.17) is 0 Å². The molecule has 0 aliphatic heterocycles. The highest BCUT2D eigenvalue weighted by molar-refractivity contribution is 6.00. The zero-order valence-electron chi connectivity index (χ0n) is 11.1. The van der Waals surface area contributed by atoms with E-state index in [2.05, 4.69) is 4.98 Å². The molecule has 0 aliphatic rings. The van der Waals surface area contributed by atoms with Crippen LogP contribution in [0.1, 0.15) is 46.0 Å². The van der Waals surface area contributed by atoms with Gasteiger partial charge in [-0.15, -0.1) is 0 Å². The summed E-state index contributed by atoms with van der Waals surface area (Å²) in [5.74, 6) is 0.298. The van der Waals surface area contributed by atoms with Crippen LogP contribution in [0.2, 0.25) is 0 Å². The van der Waals surface area contributed by atoms with Crippen LogP contribution in [0.5, 0.6) is 0 Å². The molecule has 2 heteroatoms. The van der Waals surface area contributed by atoms with Crippen LogP contribution in [0.3, 0.4) is 0 Å². The maximum Gasteiger partial charge on any atom is 0.181 e. The minimum absolute atomic E-state index is 0. The largest absolute Gasteiger partial charge is 0.352 e. The summed E-state index contributed by atoms with van der Waals surface area (Å²) in [5, 5.41) is 1.10. The summed E-state index contributed by atoms with van der Waals surface area (Å²) in [5.41, 5.74) is 1.76. The molecule has 1 aromatic heterocycles. The fourth-order valence-corrected chi connectivity index (χ4v) is 1.66. The maximum atomic E-state index is 11.9. The Hall–Kier alpha value is -1.57. The average Bonchev–Trinajstić information content (AvgIpc) is 2.83. The van der Waals surface area contributed by atoms with E-state index < -0.39 is 0 Å². The second kappa shape index (κ2) is 6.24. The first-order valence-electron chi connectivity index (χ1n) is 6.34. The summed E-state index contributed by atoms with van der Waals surface area (Å²) in [6, 6.07) is 9.88. The zero-order valence-corrected chi connectivity index (χ0v) is 11.1. The Labute approximate surface area is 105 Å². The predicted octanol–water partition coefficient (Wildman–Crippen LogP) is 4.67. The first-order chi connectivity index (χ1) is 8.22. The lowest BCUT2D eigenvalue weighted by molar-refractivity contribution is 0.0923. The molecule has 1 atom stereocenters. The fraction of sp³-hybridized carbons (Fsp3) is 0.400. The molecule has 2 aromatic rings. The SMILES string of the molecule is CC.CCC(C)C(=O)c1cc2ccccc2[nH]1.[HH]. The molecule has 0 fully saturated rings. The van der Waals surface area contributed by atoms with Gasteiger partial charge < -0.3 is 4.98 Å². The van der Waals surface area contributed by atoms with Crippen LogP contribution in [0.4, 0.5) is 0 Å². The lowest BCUT2D eigenvalue weighted by Gasteiger charge is -2.04. The molecule has 1 aromatic carbocycles. The second-order valence-corrected chi connectivity index (χ2v) is 3.94. The summed E-state index contributed by atoms with van der Waals surface area (Å²) in [6.07, 6.45) is 0.883. The molecule has 1 unspecified atom stereocenters. The van der Waals surface area contributed by atoms with Gasteiger partial charge in [0, 0.05) is 18.2 Å². The van der Waals surface area contributed by atoms with Crippen LogP contribution >= 0.6 is 0 Å². The molecule has 0 saturated heterocycles. The normalized spacial score (nSPS) is 11.8. The highest BCUT2D eigenvalue weighted by atomic mass is 16.1. The average molecular weight is 233 g/mol. The number of H-pyrrole nitrogens is 1. The van der Waals surface area contributed by atoms with Crippen molar-refractivity contribution in [2.24, 2.45) is 5.92 Å². The maximum absolute atomic E-state index is 11.9. The number of rotatable bonds is 3. The quantitative estimate of drug-likeness (QED) is 0.768. The van der Waals surface area contributed by atoms with Gasteiger partial charge in [0.05, 0.1) is 5.69 Å². The van der Waals surface area contributed by atoms with Gasteiger partial charge in [-0.25, -0.2) is 0 Å². The molecular formula is C15H23NO. The van der Waals surface area contributed by atoms with Crippen molar-refractivity contribution in [3.63, 3.8) is 0 Å². The number of Topliss-reactive ketones (excluding diaryl/α,β-unsaturated/α-hetero) is 1. The van der Waals surface area contributed by atoms with Crippen molar-refractivity contribution in [2.45, 2.75) is 34.1 Å². The van der Waals surface area contributed by atoms with Gasteiger partial charge >= 0.3 is 0 Å². The van der Waals surface area contributed by atoms with Crippen LogP contribution in [-0.4, -0.2) is 10.8 Å². The Morgan fingerprint density at radius 1 is 1.35 bits per heavy atom. The number of carbonyl (C=O) groups is 1. The number of fused-ring (bicyclic) bond motifs is 1. The Balaban J connectivity index is 0.000000917. The van der Waals surface area contributed by atoms with Crippen LogP contribution in [-0.2, 0) is 0 Å². The van der Waals surface area contributed by atoms with Crippen molar-refractivity contribution in [1.82, 2.24) is 4.98 Å². The number of para-hydroxylation sites is 1. The van der Waals surface area contributed by atoms with E-state index in [0.29, 0.717) is 0 Å². The summed E-state index contributed by atoms with van der Waals surface area (Å²) in [6.45, 7) is 8.00. The Bertz CT molecular complexity index is 457. The van der Waals surface area contributed by atoms with Gasteiger partial charge in [0.15, 0.2) is 5.78 Å². The van der Waals surface area contributed by atoms with Crippen molar-refractivity contribution < 1.29 is 6.22 Å². The highest BCUT2D eigenvalue weighted by Gasteiger charge is 2.15. The van der Waals surface area contributed by atoms with Crippen molar-refractivity contribution in [3.05, 3.63) is 36.0 Å². The fourth-order valence-electron chi connectivity index (χ4n) is 1.66. The lowest BCUT2D eigenvalue weighted by atomic mass is 10.0. The number of hydrogen-bond donors (Lipinski definition) is 1. The minimum Gasteiger partial charge on any atom is -0.352 e. The number of benzene rings is 1. The van der Waals surface area contributed by atoms with Gasteiger partial charge in [-0.05, 0) is 18.6 Å². The molecule has 2 nitrogen and oxygen atoms in total. The van der Waals surface area contributed by atoms with Gasteiger partial charge in [-0.2, -0.15) is 0 Å². The molecule has 1 N–H and O–H groups in total. The van der Waals surface area contributed by atoms with Crippen LogP contribution in [0.15, 0.2) is 30.3 Å². The van der Waals surface area contributed by atoms with E-state index in [0.717, 1.165) is 23.0 Å². The summed E-state index contributed by atoms with van der Waals surface area (Å²) in [4.78, 5) is 15.1. The third kappa shape index (κ3) is 2.96. The van der Waals surface area contributed by atoms with E-state index >= 15 is 0 Å². The van der Waals surface area contributed by atoms with Crippen molar-refractivity contribution >= 4 is 16.7 Å². The molecule has 0 saturated carbocycles. The van der Waals surface area contributed by atoms with E-state index in [-0.39, 0.29) is 13.1 Å². The van der Waals surface area contributed by atoms with Crippen LogP contribution < -0.4 is 0 Å². The number of hydrogen-bond acceptors (Lipinski definition) is 1. The molecule has 0 bridgehead atoms. The van der Waals surface area contributed by atoms with Crippen molar-refractivity contribution in [2.75, 3.05) is 0 Å². The summed E-state index contributed by atoms with van der Waals surface area (Å²) in [7, 11) is 0. The molecule has 94 valence electrons. The molecule has 0 amide bonds. The first-order valence-corrected chi connectivity index (χ1v) is 6.34. The lowest BCUT2D eigenvalue weighted by Crippen LogP contribution is -2.10. The van der Waals surface area contributed by atoms with Crippen LogP contribution in [0.25, 0.3) is 10.9 Å². The van der Waals surface area contributed by atoms with Gasteiger partial charge in [0.1, 0.15) is 0 Å². The number of aromatic amines is 1. The highest BCUT2D eigenvalue weighted by Crippen LogP contribution is 2.18. The van der Waals surface area contributed by atoms with Gasteiger partial charge in [0.25, 0.3) is 0 Å². The molecule has 0 spiro atoms. The van der Waals surface area contributed by atoms with Gasteiger partial charge in [0.2, 0.25) is 0 Å². The Kier molecular flexibility index (Phi) is 4.95. The van der Waals surface area contributed by atoms with Crippen molar-refractivity contribution in [3.8, 4) is 0 Å². The Morgan fingerprint density at radius 2 is 2.00 bits per heavy atom. The molecule has 1 heterocycles. The molecule has 2 rings (SSSR count). The standard InChI is InChI=1S/C13H15NO.C2H6.H2/c1-3-9(2)13(15)12-8-10-6-4-5-7-11(10)14-12;1-2;/h4-9,14H,3H2,1-2H3;1-2H3;1H. The molecule has 0 aliphatic carbocycles. The topological polar surface area (TPSA) is 32.9 Å². The Morgan fingerprint density at radius 3 is 2.59 bits per heavy atom. The number of nitrogens with one attached hydrogen (secondary N) is 1. The minimum atomic E-state index is 0. The monoisotopic (exact) mass is 233 g/mol. The molecule has 17 heavy (non-hydrogen) atoms. The number of carbonyl (C=O) groups excluding carboxylic acids is 1. The van der Waals surface area contributed by atoms with Gasteiger partial charge in [-0.3, -0.25) is 4.79 Å². The number of ketones is 1. The third-order valence-corrected chi connectivity index (χ3v) is 2.86. The third-order valence-electron chi connectivity index (χ3n) is 2.86. The first kappa shape index (κ1) is 13.5. The van der Waals surface area contributed by atoms with Crippen LogP contribution in [0, 0.1) is 5.92 Å². The van der Waals surface area contributed by atoms with Gasteiger partial charge in [-0.1, -0.05) is 45.9 Å². The predicted molar refractivity (Wildman–Crippen MR) is 75.5 cm³/mol.